The Labute approximate surface area is 175 Å². The first-order valence-corrected chi connectivity index (χ1v) is 10.8. The van der Waals surface area contributed by atoms with Crippen LogP contribution in [0, 0.1) is 11.8 Å². The largest absolute Gasteiger partial charge is 0.0987 e. The molecule has 0 heterocycles. The Morgan fingerprint density at radius 2 is 1.31 bits per heavy atom. The lowest BCUT2D eigenvalue weighted by atomic mass is 9.67. The van der Waals surface area contributed by atoms with Gasteiger partial charge in [0, 0.05) is 0 Å². The minimum absolute atomic E-state index is 0.265. The van der Waals surface area contributed by atoms with Crippen molar-refractivity contribution in [3.05, 3.63) is 119 Å². The molecule has 0 radical (unpaired) electrons. The van der Waals surface area contributed by atoms with Crippen LogP contribution in [0.15, 0.2) is 97.1 Å². The molecule has 0 N–H and O–H groups in total. The predicted octanol–water partition coefficient (Wildman–Crippen LogP) is 7.75. The van der Waals surface area contributed by atoms with Gasteiger partial charge in [0.1, 0.15) is 0 Å². The van der Waals surface area contributed by atoms with Gasteiger partial charge in [0.2, 0.25) is 0 Å². The van der Waals surface area contributed by atoms with E-state index in [1.165, 1.54) is 44.5 Å². The summed E-state index contributed by atoms with van der Waals surface area (Å²) >= 11 is 0. The molecule has 0 heteroatoms. The summed E-state index contributed by atoms with van der Waals surface area (Å²) in [6.07, 6.45) is 9.04. The Morgan fingerprint density at radius 3 is 1.93 bits per heavy atom. The second-order valence-corrected chi connectivity index (χ2v) is 7.96. The van der Waals surface area contributed by atoms with Crippen molar-refractivity contribution in [3.63, 3.8) is 0 Å². The van der Waals surface area contributed by atoms with Gasteiger partial charge in [-0.25, -0.2) is 0 Å². The van der Waals surface area contributed by atoms with Gasteiger partial charge in [0.05, 0.1) is 5.41 Å². The first kappa shape index (κ1) is 19.5. The Bertz CT molecular complexity index is 1090. The molecule has 3 atom stereocenters. The summed E-state index contributed by atoms with van der Waals surface area (Å²) in [6, 6.07) is 17.7. The maximum absolute atomic E-state index is 4.24. The normalized spacial score (nSPS) is 25.9. The molecule has 2 aromatic carbocycles. The molecule has 0 saturated heterocycles. The molecule has 1 spiro atoms. The molecule has 146 valence electrons. The lowest BCUT2D eigenvalue weighted by molar-refractivity contribution is 0.545. The highest BCUT2D eigenvalue weighted by Gasteiger charge is 2.53. The predicted molar refractivity (Wildman–Crippen MR) is 127 cm³/mol. The van der Waals surface area contributed by atoms with Crippen LogP contribution in [0.4, 0.5) is 0 Å². The van der Waals surface area contributed by atoms with Crippen molar-refractivity contribution >= 4 is 11.1 Å². The Kier molecular flexibility index (Phi) is 4.82. The minimum atomic E-state index is -0.265. The molecule has 0 aliphatic heterocycles. The second-order valence-electron chi connectivity index (χ2n) is 7.96. The minimum Gasteiger partial charge on any atom is -0.0987 e. The zero-order valence-electron chi connectivity index (χ0n) is 18.0. The highest BCUT2D eigenvalue weighted by Crippen LogP contribution is 2.64. The quantitative estimate of drug-likeness (QED) is 0.501. The molecule has 0 fully saturated rings. The van der Waals surface area contributed by atoms with E-state index in [2.05, 4.69) is 93.8 Å². The van der Waals surface area contributed by atoms with Crippen molar-refractivity contribution in [1.82, 2.24) is 0 Å². The van der Waals surface area contributed by atoms with E-state index in [0.29, 0.717) is 11.8 Å². The summed E-state index contributed by atoms with van der Waals surface area (Å²) < 4.78 is 0. The average Bonchev–Trinajstić information content (AvgIpc) is 3.21. The van der Waals surface area contributed by atoms with Crippen LogP contribution in [0.2, 0.25) is 0 Å². The van der Waals surface area contributed by atoms with Gasteiger partial charge in [-0.05, 0) is 56.4 Å². The smallest absolute Gasteiger partial charge is 0.0722 e. The molecular formula is C29H30. The van der Waals surface area contributed by atoms with Crippen molar-refractivity contribution in [2.75, 3.05) is 0 Å². The number of allylic oxidation sites excluding steroid dienone is 8. The van der Waals surface area contributed by atoms with E-state index in [9.17, 15) is 0 Å². The Morgan fingerprint density at radius 1 is 0.759 bits per heavy atom. The van der Waals surface area contributed by atoms with Crippen LogP contribution >= 0.6 is 0 Å². The van der Waals surface area contributed by atoms with Crippen LogP contribution in [-0.2, 0) is 5.41 Å². The Hall–Kier alpha value is -2.86. The lowest BCUT2D eigenvalue weighted by Gasteiger charge is -2.34. The van der Waals surface area contributed by atoms with E-state index in [0.717, 1.165) is 0 Å². The number of hydrogen-bond donors (Lipinski definition) is 0. The number of benzene rings is 2. The fourth-order valence-corrected chi connectivity index (χ4v) is 5.36. The second kappa shape index (κ2) is 7.19. The van der Waals surface area contributed by atoms with Crippen LogP contribution in [-0.4, -0.2) is 0 Å². The maximum Gasteiger partial charge on any atom is 0.0722 e. The van der Waals surface area contributed by atoms with Gasteiger partial charge in [-0.15, -0.1) is 0 Å². The summed E-state index contributed by atoms with van der Waals surface area (Å²) in [5.74, 6) is 1.06. The lowest BCUT2D eigenvalue weighted by Crippen LogP contribution is -2.28. The SMILES string of the molecule is C=CC1=C(C=C)C2(C3=CC(C)C(C)C=C3c3ccccc32)c2ccccc21.CC. The van der Waals surface area contributed by atoms with Crippen molar-refractivity contribution in [2.24, 2.45) is 11.8 Å². The molecule has 0 saturated carbocycles. The van der Waals surface area contributed by atoms with E-state index in [1.54, 1.807) is 0 Å². The van der Waals surface area contributed by atoms with E-state index < -0.39 is 0 Å². The van der Waals surface area contributed by atoms with Gasteiger partial charge in [0.15, 0.2) is 0 Å². The first-order valence-electron chi connectivity index (χ1n) is 10.8. The molecule has 0 amide bonds. The monoisotopic (exact) mass is 378 g/mol. The van der Waals surface area contributed by atoms with Crippen LogP contribution < -0.4 is 0 Å². The van der Waals surface area contributed by atoms with Gasteiger partial charge in [-0.3, -0.25) is 0 Å². The summed E-state index contributed by atoms with van der Waals surface area (Å²) in [4.78, 5) is 0. The molecule has 3 unspecified atom stereocenters. The standard InChI is InChI=1S/C27H24.C2H6/c1-5-19-20-11-7-9-13-24(20)27(23(19)6-2)25-14-10-8-12-21(25)22-15-17(3)18(4)16-26(22)27;1-2/h5-18H,1-2H2,3-4H3;1-2H3. The van der Waals surface area contributed by atoms with E-state index in [1.807, 2.05) is 19.9 Å². The zero-order valence-corrected chi connectivity index (χ0v) is 18.0. The zero-order chi connectivity index (χ0) is 20.8. The molecule has 0 nitrogen and oxygen atoms in total. The topological polar surface area (TPSA) is 0 Å². The molecule has 3 aliphatic rings. The van der Waals surface area contributed by atoms with Crippen LogP contribution in [0.1, 0.15) is 49.9 Å². The van der Waals surface area contributed by atoms with Gasteiger partial charge >= 0.3 is 0 Å². The molecule has 0 bridgehead atoms. The maximum atomic E-state index is 4.24. The van der Waals surface area contributed by atoms with E-state index >= 15 is 0 Å². The van der Waals surface area contributed by atoms with Crippen molar-refractivity contribution in [1.29, 1.82) is 0 Å². The third-order valence-corrected chi connectivity index (χ3v) is 6.73. The fraction of sp³-hybridized carbons (Fsp3) is 0.241. The van der Waals surface area contributed by atoms with E-state index in [-0.39, 0.29) is 5.41 Å². The molecule has 3 aliphatic carbocycles. The van der Waals surface area contributed by atoms with Gasteiger partial charge in [-0.2, -0.15) is 0 Å². The van der Waals surface area contributed by atoms with Gasteiger partial charge in [-0.1, -0.05) is 114 Å². The summed E-state index contributed by atoms with van der Waals surface area (Å²) in [5, 5.41) is 0. The van der Waals surface area contributed by atoms with E-state index in [4.69, 9.17) is 0 Å². The average molecular weight is 379 g/mol. The highest BCUT2D eigenvalue weighted by molar-refractivity contribution is 6.02. The highest BCUT2D eigenvalue weighted by atomic mass is 14.5. The number of rotatable bonds is 2. The van der Waals surface area contributed by atoms with Gasteiger partial charge < -0.3 is 0 Å². The molecule has 0 aromatic heterocycles. The summed E-state index contributed by atoms with van der Waals surface area (Å²) in [6.45, 7) is 17.0. The van der Waals surface area contributed by atoms with Gasteiger partial charge in [0.25, 0.3) is 0 Å². The molecule has 2 aromatic rings. The van der Waals surface area contributed by atoms with Crippen LogP contribution in [0.5, 0.6) is 0 Å². The van der Waals surface area contributed by atoms with Crippen LogP contribution in [0.3, 0.4) is 0 Å². The van der Waals surface area contributed by atoms with Crippen molar-refractivity contribution < 1.29 is 0 Å². The molecule has 5 rings (SSSR count). The first-order chi connectivity index (χ1) is 14.1. The molecule has 29 heavy (non-hydrogen) atoms. The third kappa shape index (κ3) is 2.38. The van der Waals surface area contributed by atoms with Crippen molar-refractivity contribution in [3.8, 4) is 0 Å². The van der Waals surface area contributed by atoms with Crippen LogP contribution in [0.25, 0.3) is 11.1 Å². The van der Waals surface area contributed by atoms with Crippen molar-refractivity contribution in [2.45, 2.75) is 33.1 Å². The fourth-order valence-electron chi connectivity index (χ4n) is 5.36. The summed E-state index contributed by atoms with van der Waals surface area (Å²) in [7, 11) is 0. The summed E-state index contributed by atoms with van der Waals surface area (Å²) in [5.41, 5.74) is 10.4. The third-order valence-electron chi connectivity index (χ3n) is 6.73. The molecular weight excluding hydrogens is 348 g/mol. The number of hydrogen-bond acceptors (Lipinski definition) is 0. The Balaban J connectivity index is 0.000000994. The number of fused-ring (bicyclic) bond motifs is 7.